The van der Waals surface area contributed by atoms with E-state index >= 15 is 0 Å². The highest BCUT2D eigenvalue weighted by molar-refractivity contribution is 5.82. The SMILES string of the molecule is CC(C)Oc1cccc(C(C)NC(=O)C2NCCC2C)c1. The lowest BCUT2D eigenvalue weighted by molar-refractivity contribution is -0.124. The molecule has 0 radical (unpaired) electrons. The zero-order valence-corrected chi connectivity index (χ0v) is 13.3. The van der Waals surface area contributed by atoms with Crippen molar-refractivity contribution in [2.24, 2.45) is 5.92 Å². The minimum Gasteiger partial charge on any atom is -0.491 e. The van der Waals surface area contributed by atoms with Crippen LogP contribution in [-0.4, -0.2) is 24.6 Å². The maximum atomic E-state index is 12.3. The van der Waals surface area contributed by atoms with Crippen molar-refractivity contribution in [3.63, 3.8) is 0 Å². The van der Waals surface area contributed by atoms with E-state index in [-0.39, 0.29) is 24.1 Å². The lowest BCUT2D eigenvalue weighted by atomic mass is 10.0. The van der Waals surface area contributed by atoms with Gasteiger partial charge in [0.2, 0.25) is 5.91 Å². The number of amides is 1. The summed E-state index contributed by atoms with van der Waals surface area (Å²) in [6, 6.07) is 7.83. The van der Waals surface area contributed by atoms with E-state index in [9.17, 15) is 4.79 Å². The van der Waals surface area contributed by atoms with Gasteiger partial charge in [0.25, 0.3) is 0 Å². The molecule has 2 N–H and O–H groups in total. The van der Waals surface area contributed by atoms with Gasteiger partial charge < -0.3 is 15.4 Å². The molecule has 2 rings (SSSR count). The van der Waals surface area contributed by atoms with Crippen LogP contribution in [0, 0.1) is 5.92 Å². The number of benzene rings is 1. The van der Waals surface area contributed by atoms with Crippen LogP contribution in [0.2, 0.25) is 0 Å². The Kier molecular flexibility index (Phi) is 5.23. The molecule has 1 amide bonds. The van der Waals surface area contributed by atoms with Crippen molar-refractivity contribution in [3.8, 4) is 5.75 Å². The van der Waals surface area contributed by atoms with E-state index in [1.165, 1.54) is 0 Å². The largest absolute Gasteiger partial charge is 0.491 e. The zero-order chi connectivity index (χ0) is 15.4. The summed E-state index contributed by atoms with van der Waals surface area (Å²) in [4.78, 5) is 12.3. The molecule has 1 aromatic carbocycles. The highest BCUT2D eigenvalue weighted by Crippen LogP contribution is 2.21. The van der Waals surface area contributed by atoms with Crippen LogP contribution < -0.4 is 15.4 Å². The van der Waals surface area contributed by atoms with Gasteiger partial charge in [0.05, 0.1) is 18.2 Å². The van der Waals surface area contributed by atoms with Gasteiger partial charge in [0.15, 0.2) is 0 Å². The Bertz CT molecular complexity index is 487. The van der Waals surface area contributed by atoms with E-state index in [0.29, 0.717) is 5.92 Å². The van der Waals surface area contributed by atoms with E-state index in [1.807, 2.05) is 45.0 Å². The predicted molar refractivity (Wildman–Crippen MR) is 84.3 cm³/mol. The fourth-order valence-corrected chi connectivity index (χ4v) is 2.70. The highest BCUT2D eigenvalue weighted by Gasteiger charge is 2.29. The zero-order valence-electron chi connectivity index (χ0n) is 13.3. The molecule has 1 aliphatic heterocycles. The summed E-state index contributed by atoms with van der Waals surface area (Å²) in [5.41, 5.74) is 1.06. The summed E-state index contributed by atoms with van der Waals surface area (Å²) < 4.78 is 5.70. The van der Waals surface area contributed by atoms with Crippen LogP contribution in [0.25, 0.3) is 0 Å². The maximum absolute atomic E-state index is 12.3. The first kappa shape index (κ1) is 15.8. The van der Waals surface area contributed by atoms with E-state index in [2.05, 4.69) is 17.6 Å². The monoisotopic (exact) mass is 290 g/mol. The summed E-state index contributed by atoms with van der Waals surface area (Å²) in [7, 11) is 0. The molecular formula is C17H26N2O2. The van der Waals surface area contributed by atoms with Gasteiger partial charge in [-0.3, -0.25) is 4.79 Å². The van der Waals surface area contributed by atoms with Gasteiger partial charge >= 0.3 is 0 Å². The lowest BCUT2D eigenvalue weighted by Crippen LogP contribution is -2.44. The van der Waals surface area contributed by atoms with Crippen LogP contribution in [-0.2, 0) is 4.79 Å². The third kappa shape index (κ3) is 4.21. The van der Waals surface area contributed by atoms with Gasteiger partial charge in [-0.25, -0.2) is 0 Å². The molecule has 3 atom stereocenters. The molecular weight excluding hydrogens is 264 g/mol. The van der Waals surface area contributed by atoms with Crippen LogP contribution in [0.5, 0.6) is 5.75 Å². The Morgan fingerprint density at radius 1 is 1.38 bits per heavy atom. The van der Waals surface area contributed by atoms with Crippen molar-refractivity contribution >= 4 is 5.91 Å². The smallest absolute Gasteiger partial charge is 0.237 e. The van der Waals surface area contributed by atoms with Crippen molar-refractivity contribution in [2.45, 2.75) is 52.3 Å². The van der Waals surface area contributed by atoms with E-state index in [1.54, 1.807) is 0 Å². The quantitative estimate of drug-likeness (QED) is 0.876. The number of ether oxygens (including phenoxy) is 1. The molecule has 3 unspecified atom stereocenters. The van der Waals surface area contributed by atoms with E-state index in [4.69, 9.17) is 4.74 Å². The lowest BCUT2D eigenvalue weighted by Gasteiger charge is -2.20. The summed E-state index contributed by atoms with van der Waals surface area (Å²) in [5, 5.41) is 6.36. The molecule has 0 aromatic heterocycles. The Hall–Kier alpha value is -1.55. The Morgan fingerprint density at radius 3 is 2.76 bits per heavy atom. The Balaban J connectivity index is 1.99. The molecule has 0 saturated carbocycles. The Labute approximate surface area is 127 Å². The van der Waals surface area contributed by atoms with E-state index < -0.39 is 0 Å². The number of carbonyl (C=O) groups is 1. The van der Waals surface area contributed by atoms with Gasteiger partial charge in [0, 0.05) is 0 Å². The van der Waals surface area contributed by atoms with Crippen molar-refractivity contribution in [2.75, 3.05) is 6.54 Å². The standard InChI is InChI=1S/C17H26N2O2/c1-11(2)21-15-7-5-6-14(10-15)13(4)19-17(20)16-12(3)8-9-18-16/h5-7,10-13,16,18H,8-9H2,1-4H3,(H,19,20). The molecule has 116 valence electrons. The van der Waals surface area contributed by atoms with Gasteiger partial charge in [0.1, 0.15) is 5.75 Å². The molecule has 1 fully saturated rings. The van der Waals surface area contributed by atoms with Crippen LogP contribution in [0.3, 0.4) is 0 Å². The predicted octanol–water partition coefficient (Wildman–Crippen LogP) is 2.65. The number of hydrogen-bond acceptors (Lipinski definition) is 3. The molecule has 0 aliphatic carbocycles. The fourth-order valence-electron chi connectivity index (χ4n) is 2.70. The van der Waals surface area contributed by atoms with Crippen LogP contribution in [0.4, 0.5) is 0 Å². The third-order valence-electron chi connectivity index (χ3n) is 3.90. The second kappa shape index (κ2) is 6.94. The summed E-state index contributed by atoms with van der Waals surface area (Å²) >= 11 is 0. The molecule has 4 nitrogen and oxygen atoms in total. The number of carbonyl (C=O) groups excluding carboxylic acids is 1. The minimum atomic E-state index is -0.0671. The van der Waals surface area contributed by atoms with Crippen LogP contribution in [0.1, 0.15) is 45.7 Å². The van der Waals surface area contributed by atoms with E-state index in [0.717, 1.165) is 24.3 Å². The van der Waals surface area contributed by atoms with Crippen LogP contribution in [0.15, 0.2) is 24.3 Å². The highest BCUT2D eigenvalue weighted by atomic mass is 16.5. The third-order valence-corrected chi connectivity index (χ3v) is 3.90. The molecule has 4 heteroatoms. The van der Waals surface area contributed by atoms with Crippen molar-refractivity contribution in [3.05, 3.63) is 29.8 Å². The molecule has 1 aliphatic rings. The minimum absolute atomic E-state index is 0.0252. The summed E-state index contributed by atoms with van der Waals surface area (Å²) in [6.07, 6.45) is 1.21. The number of rotatable bonds is 5. The Morgan fingerprint density at radius 2 is 2.14 bits per heavy atom. The average molecular weight is 290 g/mol. The maximum Gasteiger partial charge on any atom is 0.237 e. The van der Waals surface area contributed by atoms with Gasteiger partial charge in [-0.1, -0.05) is 19.1 Å². The van der Waals surface area contributed by atoms with Gasteiger partial charge in [-0.15, -0.1) is 0 Å². The second-order valence-corrected chi connectivity index (χ2v) is 6.17. The molecule has 0 spiro atoms. The van der Waals surface area contributed by atoms with Crippen molar-refractivity contribution in [1.29, 1.82) is 0 Å². The number of hydrogen-bond donors (Lipinski definition) is 2. The first-order valence-electron chi connectivity index (χ1n) is 7.77. The molecule has 1 heterocycles. The fraction of sp³-hybridized carbons (Fsp3) is 0.588. The first-order chi connectivity index (χ1) is 9.97. The van der Waals surface area contributed by atoms with Crippen molar-refractivity contribution < 1.29 is 9.53 Å². The van der Waals surface area contributed by atoms with Crippen molar-refractivity contribution in [1.82, 2.24) is 10.6 Å². The van der Waals surface area contributed by atoms with Gasteiger partial charge in [-0.05, 0) is 57.4 Å². The summed E-state index contributed by atoms with van der Waals surface area (Å²) in [6.45, 7) is 9.05. The molecule has 1 saturated heterocycles. The normalized spacial score (nSPS) is 23.1. The molecule has 1 aromatic rings. The van der Waals surface area contributed by atoms with Gasteiger partial charge in [-0.2, -0.15) is 0 Å². The van der Waals surface area contributed by atoms with Crippen LogP contribution >= 0.6 is 0 Å². The topological polar surface area (TPSA) is 50.4 Å². The number of nitrogens with one attached hydrogen (secondary N) is 2. The molecule has 0 bridgehead atoms. The second-order valence-electron chi connectivity index (χ2n) is 6.17. The average Bonchev–Trinajstić information content (AvgIpc) is 2.84. The summed E-state index contributed by atoms with van der Waals surface area (Å²) in [5.74, 6) is 1.33. The molecule has 21 heavy (non-hydrogen) atoms. The first-order valence-corrected chi connectivity index (χ1v) is 7.77.